The average Bonchev–Trinajstić information content (AvgIpc) is 3.18. The molecule has 1 unspecified atom stereocenters. The summed E-state index contributed by atoms with van der Waals surface area (Å²) in [4.78, 5) is 9.61. The molecule has 2 fully saturated rings. The first-order valence-electron chi connectivity index (χ1n) is 10.9. The molecule has 2 saturated heterocycles. The van der Waals surface area contributed by atoms with Gasteiger partial charge in [-0.25, -0.2) is 0 Å². The Balaban J connectivity index is 0.00000320. The lowest BCUT2D eigenvalue weighted by Crippen LogP contribution is -2.44. The predicted octanol–water partition coefficient (Wildman–Crippen LogP) is 3.83. The Morgan fingerprint density at radius 1 is 1.23 bits per heavy atom. The van der Waals surface area contributed by atoms with Crippen LogP contribution in [-0.2, 0) is 0 Å². The van der Waals surface area contributed by atoms with Gasteiger partial charge in [0, 0.05) is 37.2 Å². The number of anilines is 1. The van der Waals surface area contributed by atoms with Crippen molar-refractivity contribution in [1.82, 2.24) is 15.5 Å². The Morgan fingerprint density at radius 2 is 2.00 bits per heavy atom. The zero-order valence-electron chi connectivity index (χ0n) is 18.5. The standard InChI is InChI=1S/C22H36ClN5O.HI/c1-4-24-22(25-11-7-17-8-12-27(2)13-9-17)26-19-10-14-28(16-19)20-15-18(23)5-6-21(20)29-3;/h5-6,15,17,19H,4,7-14,16H2,1-3H3,(H2,24,25,26);1H. The van der Waals surface area contributed by atoms with Gasteiger partial charge in [0.1, 0.15) is 5.75 Å². The number of likely N-dealkylation sites (tertiary alicyclic amines) is 1. The van der Waals surface area contributed by atoms with E-state index >= 15 is 0 Å². The molecule has 0 radical (unpaired) electrons. The summed E-state index contributed by atoms with van der Waals surface area (Å²) in [6, 6.07) is 6.16. The molecule has 1 aromatic carbocycles. The number of ether oxygens (including phenoxy) is 1. The summed E-state index contributed by atoms with van der Waals surface area (Å²) in [7, 11) is 3.92. The number of benzene rings is 1. The monoisotopic (exact) mass is 549 g/mol. The highest BCUT2D eigenvalue weighted by molar-refractivity contribution is 14.0. The van der Waals surface area contributed by atoms with E-state index in [4.69, 9.17) is 21.3 Å². The second kappa shape index (κ2) is 12.8. The summed E-state index contributed by atoms with van der Waals surface area (Å²) in [6.07, 6.45) is 4.85. The van der Waals surface area contributed by atoms with E-state index in [0.29, 0.717) is 6.04 Å². The van der Waals surface area contributed by atoms with E-state index in [-0.39, 0.29) is 24.0 Å². The Labute approximate surface area is 203 Å². The van der Waals surface area contributed by atoms with Gasteiger partial charge in [0.05, 0.1) is 12.8 Å². The summed E-state index contributed by atoms with van der Waals surface area (Å²) < 4.78 is 5.53. The topological polar surface area (TPSA) is 52.1 Å². The number of guanidine groups is 1. The third kappa shape index (κ3) is 7.34. The molecule has 3 rings (SSSR count). The van der Waals surface area contributed by atoms with Crippen LogP contribution in [0.1, 0.15) is 32.6 Å². The fourth-order valence-corrected chi connectivity index (χ4v) is 4.40. The van der Waals surface area contributed by atoms with Gasteiger partial charge in [0.15, 0.2) is 5.96 Å². The fourth-order valence-electron chi connectivity index (χ4n) is 4.23. The number of halogens is 2. The Kier molecular flexibility index (Phi) is 10.8. The van der Waals surface area contributed by atoms with Crippen LogP contribution >= 0.6 is 35.6 Å². The van der Waals surface area contributed by atoms with Gasteiger partial charge in [-0.3, -0.25) is 4.99 Å². The number of methoxy groups -OCH3 is 1. The van der Waals surface area contributed by atoms with E-state index in [1.165, 1.54) is 32.4 Å². The summed E-state index contributed by atoms with van der Waals surface area (Å²) >= 11 is 6.21. The van der Waals surface area contributed by atoms with E-state index in [1.807, 2.05) is 18.2 Å². The van der Waals surface area contributed by atoms with Crippen molar-refractivity contribution in [2.24, 2.45) is 10.9 Å². The molecule has 0 saturated carbocycles. The van der Waals surface area contributed by atoms with Crippen LogP contribution < -0.4 is 20.3 Å². The largest absolute Gasteiger partial charge is 0.495 e. The van der Waals surface area contributed by atoms with Crippen molar-refractivity contribution in [2.45, 2.75) is 38.6 Å². The van der Waals surface area contributed by atoms with Crippen molar-refractivity contribution in [3.05, 3.63) is 23.2 Å². The molecule has 1 atom stereocenters. The Hall–Kier alpha value is -0.930. The van der Waals surface area contributed by atoms with Crippen LogP contribution in [0.2, 0.25) is 5.02 Å². The third-order valence-electron chi connectivity index (χ3n) is 6.00. The number of hydrogen-bond donors (Lipinski definition) is 2. The fraction of sp³-hybridized carbons (Fsp3) is 0.682. The van der Waals surface area contributed by atoms with Gasteiger partial charge in [-0.05, 0) is 76.9 Å². The molecule has 1 aromatic rings. The molecule has 8 heteroatoms. The summed E-state index contributed by atoms with van der Waals surface area (Å²) in [5.41, 5.74) is 1.06. The molecule has 2 aliphatic rings. The average molecular weight is 550 g/mol. The van der Waals surface area contributed by atoms with E-state index < -0.39 is 0 Å². The number of nitrogens with zero attached hydrogens (tertiary/aromatic N) is 3. The van der Waals surface area contributed by atoms with Crippen molar-refractivity contribution >= 4 is 47.2 Å². The van der Waals surface area contributed by atoms with Crippen LogP contribution in [0.15, 0.2) is 23.2 Å². The summed E-state index contributed by atoms with van der Waals surface area (Å²) in [6.45, 7) is 8.21. The van der Waals surface area contributed by atoms with Crippen molar-refractivity contribution in [3.8, 4) is 5.75 Å². The first-order valence-corrected chi connectivity index (χ1v) is 11.3. The minimum absolute atomic E-state index is 0. The minimum Gasteiger partial charge on any atom is -0.495 e. The van der Waals surface area contributed by atoms with Crippen LogP contribution in [0.4, 0.5) is 5.69 Å². The predicted molar refractivity (Wildman–Crippen MR) is 138 cm³/mol. The van der Waals surface area contributed by atoms with Gasteiger partial charge >= 0.3 is 0 Å². The normalized spacial score (nSPS) is 20.7. The SMILES string of the molecule is CCNC(=NCCC1CCN(C)CC1)NC1CCN(c2cc(Cl)ccc2OC)C1.I. The van der Waals surface area contributed by atoms with Crippen molar-refractivity contribution in [1.29, 1.82) is 0 Å². The number of nitrogens with one attached hydrogen (secondary N) is 2. The second-order valence-electron chi connectivity index (χ2n) is 8.19. The summed E-state index contributed by atoms with van der Waals surface area (Å²) in [5, 5.41) is 7.77. The second-order valence-corrected chi connectivity index (χ2v) is 8.62. The lowest BCUT2D eigenvalue weighted by atomic mass is 9.94. The van der Waals surface area contributed by atoms with Gasteiger partial charge in [0.25, 0.3) is 0 Å². The Bertz CT molecular complexity index is 681. The highest BCUT2D eigenvalue weighted by Gasteiger charge is 2.25. The molecule has 0 amide bonds. The third-order valence-corrected chi connectivity index (χ3v) is 6.24. The van der Waals surface area contributed by atoms with Crippen LogP contribution in [0, 0.1) is 5.92 Å². The number of piperidine rings is 1. The molecule has 0 aliphatic carbocycles. The van der Waals surface area contributed by atoms with E-state index in [0.717, 1.165) is 60.9 Å². The molecule has 30 heavy (non-hydrogen) atoms. The smallest absolute Gasteiger partial charge is 0.191 e. The maximum Gasteiger partial charge on any atom is 0.191 e. The van der Waals surface area contributed by atoms with Crippen LogP contribution in [0.25, 0.3) is 0 Å². The Morgan fingerprint density at radius 3 is 2.70 bits per heavy atom. The van der Waals surface area contributed by atoms with Gasteiger partial charge in [-0.2, -0.15) is 0 Å². The highest BCUT2D eigenvalue weighted by atomic mass is 127. The van der Waals surface area contributed by atoms with E-state index in [1.54, 1.807) is 7.11 Å². The highest BCUT2D eigenvalue weighted by Crippen LogP contribution is 2.33. The molecule has 2 aliphatic heterocycles. The molecule has 170 valence electrons. The van der Waals surface area contributed by atoms with Crippen molar-refractivity contribution < 1.29 is 4.74 Å². The van der Waals surface area contributed by atoms with Gasteiger partial charge in [-0.1, -0.05) is 11.6 Å². The molecular weight excluding hydrogens is 513 g/mol. The van der Waals surface area contributed by atoms with Gasteiger partial charge in [0.2, 0.25) is 0 Å². The minimum atomic E-state index is 0. The van der Waals surface area contributed by atoms with Crippen LogP contribution in [-0.4, -0.2) is 70.3 Å². The molecule has 2 heterocycles. The molecular formula is C22H37ClIN5O. The lowest BCUT2D eigenvalue weighted by Gasteiger charge is -2.28. The lowest BCUT2D eigenvalue weighted by molar-refractivity contribution is 0.214. The van der Waals surface area contributed by atoms with Crippen LogP contribution in [0.3, 0.4) is 0 Å². The van der Waals surface area contributed by atoms with Gasteiger partial charge < -0.3 is 25.2 Å². The number of rotatable bonds is 7. The van der Waals surface area contributed by atoms with E-state index in [2.05, 4.69) is 34.4 Å². The number of hydrogen-bond acceptors (Lipinski definition) is 4. The van der Waals surface area contributed by atoms with Crippen molar-refractivity contribution in [2.75, 3.05) is 58.3 Å². The molecule has 2 N–H and O–H groups in total. The molecule has 0 bridgehead atoms. The first-order chi connectivity index (χ1) is 14.1. The first kappa shape index (κ1) is 25.3. The van der Waals surface area contributed by atoms with Gasteiger partial charge in [-0.15, -0.1) is 24.0 Å². The van der Waals surface area contributed by atoms with Crippen LogP contribution in [0.5, 0.6) is 5.75 Å². The molecule has 0 spiro atoms. The maximum absolute atomic E-state index is 6.21. The zero-order valence-corrected chi connectivity index (χ0v) is 21.6. The molecule has 6 nitrogen and oxygen atoms in total. The van der Waals surface area contributed by atoms with E-state index in [9.17, 15) is 0 Å². The molecule has 0 aromatic heterocycles. The maximum atomic E-state index is 6.21. The quantitative estimate of drug-likeness (QED) is 0.308. The number of aliphatic imine (C=N–C) groups is 1. The zero-order chi connectivity index (χ0) is 20.6. The van der Waals surface area contributed by atoms with Crippen molar-refractivity contribution in [3.63, 3.8) is 0 Å². The summed E-state index contributed by atoms with van der Waals surface area (Å²) in [5.74, 6) is 2.62.